The van der Waals surface area contributed by atoms with Gasteiger partial charge in [-0.05, 0) is 95.0 Å². The third-order valence-corrected chi connectivity index (χ3v) is 22.0. The molecule has 6 aromatic carbocycles. The summed E-state index contributed by atoms with van der Waals surface area (Å²) >= 11 is 3.54. The molecule has 0 atom stereocenters. The van der Waals surface area contributed by atoms with Crippen molar-refractivity contribution < 1.29 is 87.3 Å². The Morgan fingerprint density at radius 2 is 0.681 bits per heavy atom. The SMILES string of the molecule is COc1cc2c(Nc3ncc(CC(=O)Nc4cccc(F)c4F)s3)ncnc2cc1OCCCN(C)CCOP(=O)(OCCN(C)CCCOc1cc2ncnc(Nc3ncc(CC(=O)Nc4cccc(F)c4F)s3)c2cc1OC)OCCN(C)CCCOc1cc2ncnc(Nc3ncc(CC(=O)Nc4cccc(F)c4F)s3)c2cc1OC. The number of aromatic nitrogens is 9. The number of hydrogen-bond donors (Lipinski definition) is 6. The summed E-state index contributed by atoms with van der Waals surface area (Å²) in [5, 5.41) is 19.7. The van der Waals surface area contributed by atoms with Gasteiger partial charge in [-0.1, -0.05) is 18.2 Å². The van der Waals surface area contributed by atoms with Crippen LogP contribution in [0.25, 0.3) is 32.7 Å². The summed E-state index contributed by atoms with van der Waals surface area (Å²) in [5.74, 6) is -4.57. The summed E-state index contributed by atoms with van der Waals surface area (Å²) in [6.45, 7) is 3.50. The molecule has 0 radical (unpaired) electrons. The number of phosphoric ester groups is 1. The second-order valence-electron chi connectivity index (χ2n) is 26.4. The van der Waals surface area contributed by atoms with Crippen molar-refractivity contribution in [3.8, 4) is 34.5 Å². The molecule has 0 saturated heterocycles. The highest BCUT2D eigenvalue weighted by Crippen LogP contribution is 2.49. The number of thiazole rings is 3. The molecule has 41 heteroatoms. The van der Waals surface area contributed by atoms with Gasteiger partial charge in [-0.3, -0.25) is 28.0 Å². The number of likely N-dealkylation sites (N-methyl/N-ethyl adjacent to an activating group) is 3. The molecule has 0 fully saturated rings. The van der Waals surface area contributed by atoms with Gasteiger partial charge in [-0.25, -0.2) is 75.8 Å². The van der Waals surface area contributed by atoms with Crippen molar-refractivity contribution in [2.24, 2.45) is 0 Å². The van der Waals surface area contributed by atoms with Crippen molar-refractivity contribution in [2.45, 2.75) is 38.5 Å². The van der Waals surface area contributed by atoms with E-state index in [9.17, 15) is 45.3 Å². The standard InChI is InChI=1S/C78H81F6N18O13PS3/c1-100(19-10-25-110-64-37-58-49(34-61(64)107-4)73(91-43-88-58)97-76-85-40-46(117-76)31-67(103)94-55-16-7-13-52(79)70(55)82)22-28-113-116(106,114-29-23-101(2)20-11-26-111-65-38-59-50(35-62(65)108-5)74(92-44-89-59)98-77-86-41-47(118-77)32-68(104)95-56-17-8-14-53(80)71(56)83)115-30-24-102(3)21-12-27-112-66-39-60-51(36-63(66)109-6)75(93-45-90-60)99-78-87-42-48(119-78)33-69(105)96-57-18-9-15-54(81)72(57)84/h7-9,13-18,34-45H,10-12,19-33H2,1-6H3,(H,94,103)(H,95,104)(H,96,105)(H,85,88,91,97)(H,86,89,92,98)(H,87,90,93,99). The maximum atomic E-state index is 14.6. The van der Waals surface area contributed by atoms with E-state index >= 15 is 0 Å². The minimum atomic E-state index is -4.17. The number of benzene rings is 6. The molecule has 0 aliphatic rings. The van der Waals surface area contributed by atoms with E-state index in [1.165, 1.54) is 129 Å². The van der Waals surface area contributed by atoms with Gasteiger partial charge >= 0.3 is 7.82 Å². The predicted octanol–water partition coefficient (Wildman–Crippen LogP) is 14.2. The van der Waals surface area contributed by atoms with E-state index in [1.54, 1.807) is 36.4 Å². The average Bonchev–Trinajstić information content (AvgIpc) is 1.55. The average molecular weight is 1720 g/mol. The molecule has 12 aromatic rings. The third kappa shape index (κ3) is 24.1. The van der Waals surface area contributed by atoms with Gasteiger partial charge in [0.05, 0.1) is 114 Å². The number of fused-ring (bicyclic) bond motifs is 3. The van der Waals surface area contributed by atoms with Crippen LogP contribution in [0.5, 0.6) is 34.5 Å². The Bertz CT molecular complexity index is 5060. The van der Waals surface area contributed by atoms with Crippen LogP contribution in [0.15, 0.2) is 129 Å². The molecular weight excluding hydrogens is 1640 g/mol. The van der Waals surface area contributed by atoms with E-state index in [1.807, 2.05) is 35.8 Å². The number of rotatable bonds is 45. The number of carbonyl (C=O) groups is 3. The maximum Gasteiger partial charge on any atom is 0.474 e. The molecular formula is C78H81F6N18O13PS3. The summed E-state index contributed by atoms with van der Waals surface area (Å²) in [7, 11) is 6.03. The summed E-state index contributed by atoms with van der Waals surface area (Å²) in [6, 6.07) is 21.0. The molecule has 6 N–H and O–H groups in total. The highest BCUT2D eigenvalue weighted by molar-refractivity contribution is 7.48. The van der Waals surface area contributed by atoms with Crippen molar-refractivity contribution in [1.29, 1.82) is 0 Å². The van der Waals surface area contributed by atoms with E-state index in [4.69, 9.17) is 42.0 Å². The largest absolute Gasteiger partial charge is 0.493 e. The van der Waals surface area contributed by atoms with E-state index in [0.717, 1.165) is 18.2 Å². The van der Waals surface area contributed by atoms with Crippen molar-refractivity contribution in [3.63, 3.8) is 0 Å². The number of ether oxygens (including phenoxy) is 6. The molecule has 31 nitrogen and oxygen atoms in total. The Kier molecular flexibility index (Phi) is 30.4. The fraction of sp³-hybridized carbons (Fsp3) is 0.308. The van der Waals surface area contributed by atoms with Crippen LogP contribution < -0.4 is 60.3 Å². The highest BCUT2D eigenvalue weighted by atomic mass is 32.1. The molecule has 0 aliphatic heterocycles. The number of nitrogens with one attached hydrogen (secondary N) is 6. The van der Waals surface area contributed by atoms with Gasteiger partial charge in [0.1, 0.15) is 36.4 Å². The topological polar surface area (TPSA) is 349 Å². The van der Waals surface area contributed by atoms with Gasteiger partial charge in [-0.15, -0.1) is 34.0 Å². The molecule has 626 valence electrons. The maximum absolute atomic E-state index is 14.6. The number of anilines is 9. The first kappa shape index (κ1) is 86.7. The Morgan fingerprint density at radius 3 is 0.966 bits per heavy atom. The molecule has 6 heterocycles. The molecule has 0 saturated carbocycles. The lowest BCUT2D eigenvalue weighted by molar-refractivity contribution is -0.116. The molecule has 0 unspecified atom stereocenters. The van der Waals surface area contributed by atoms with Crippen LogP contribution in [0.1, 0.15) is 33.9 Å². The van der Waals surface area contributed by atoms with E-state index in [-0.39, 0.29) is 76.0 Å². The molecule has 12 rings (SSSR count). The summed E-state index contributed by atoms with van der Waals surface area (Å²) in [5.41, 5.74) is 0.811. The van der Waals surface area contributed by atoms with Gasteiger partial charge in [0.25, 0.3) is 0 Å². The van der Waals surface area contributed by atoms with Crippen LogP contribution in [0.3, 0.4) is 0 Å². The van der Waals surface area contributed by atoms with Crippen molar-refractivity contribution in [1.82, 2.24) is 59.6 Å². The van der Waals surface area contributed by atoms with Crippen LogP contribution in [0, 0.1) is 34.9 Å². The van der Waals surface area contributed by atoms with Crippen molar-refractivity contribution in [3.05, 3.63) is 178 Å². The van der Waals surface area contributed by atoms with Crippen LogP contribution in [0.2, 0.25) is 0 Å². The first-order valence-electron chi connectivity index (χ1n) is 36.9. The lowest BCUT2D eigenvalue weighted by Gasteiger charge is -2.23. The zero-order chi connectivity index (χ0) is 84.0. The summed E-state index contributed by atoms with van der Waals surface area (Å²) < 4.78 is 152. The van der Waals surface area contributed by atoms with Crippen LogP contribution >= 0.6 is 41.8 Å². The first-order chi connectivity index (χ1) is 57.6. The number of amides is 3. The highest BCUT2D eigenvalue weighted by Gasteiger charge is 2.28. The molecule has 0 spiro atoms. The lowest BCUT2D eigenvalue weighted by Crippen LogP contribution is -2.27. The van der Waals surface area contributed by atoms with Gasteiger partial charge in [0.15, 0.2) is 84.8 Å². The quantitative estimate of drug-likeness (QED) is 0.0117. The fourth-order valence-corrected chi connectivity index (χ4v) is 15.3. The van der Waals surface area contributed by atoms with Gasteiger partial charge in [-0.2, -0.15) is 0 Å². The zero-order valence-electron chi connectivity index (χ0n) is 65.0. The smallest absolute Gasteiger partial charge is 0.474 e. The second kappa shape index (κ2) is 41.7. The lowest BCUT2D eigenvalue weighted by atomic mass is 10.2. The molecule has 6 aromatic heterocycles. The van der Waals surface area contributed by atoms with Crippen LogP contribution in [-0.4, -0.2) is 199 Å². The second-order valence-corrected chi connectivity index (χ2v) is 31.5. The molecule has 0 bridgehead atoms. The summed E-state index contributed by atoms with van der Waals surface area (Å²) in [4.78, 5) is 85.5. The van der Waals surface area contributed by atoms with E-state index < -0.39 is 60.4 Å². The van der Waals surface area contributed by atoms with Gasteiger partial charge in [0, 0.05) is 107 Å². The van der Waals surface area contributed by atoms with Crippen molar-refractivity contribution >= 4 is 142 Å². The predicted molar refractivity (Wildman–Crippen MR) is 439 cm³/mol. The Labute approximate surface area is 689 Å². The Hall–Kier alpha value is -11.6. The molecule has 3 amide bonds. The van der Waals surface area contributed by atoms with E-state index in [2.05, 4.69) is 76.8 Å². The molecule has 119 heavy (non-hydrogen) atoms. The molecule has 0 aliphatic carbocycles. The number of methoxy groups -OCH3 is 3. The number of halogens is 6. The zero-order valence-corrected chi connectivity index (χ0v) is 68.3. The number of nitrogens with zero attached hydrogens (tertiary/aromatic N) is 12. The number of phosphoric acid groups is 1. The van der Waals surface area contributed by atoms with E-state index in [0.29, 0.717) is 173 Å². The van der Waals surface area contributed by atoms with Crippen LogP contribution in [0.4, 0.5) is 76.3 Å². The van der Waals surface area contributed by atoms with Gasteiger partial charge < -0.3 is 75.0 Å². The Balaban J connectivity index is 0.611. The number of hydrogen-bond acceptors (Lipinski definition) is 31. The monoisotopic (exact) mass is 1720 g/mol. The summed E-state index contributed by atoms with van der Waals surface area (Å²) in [6.07, 6.45) is 9.94. The Morgan fingerprint density at radius 1 is 0.387 bits per heavy atom. The minimum Gasteiger partial charge on any atom is -0.493 e. The third-order valence-electron chi connectivity index (χ3n) is 17.8. The normalized spacial score (nSPS) is 11.6. The van der Waals surface area contributed by atoms with Gasteiger partial charge in [0.2, 0.25) is 17.7 Å². The van der Waals surface area contributed by atoms with Crippen molar-refractivity contribution in [2.75, 3.05) is 153 Å². The first-order valence-corrected chi connectivity index (χ1v) is 40.8. The fourth-order valence-electron chi connectivity index (χ4n) is 11.7. The minimum absolute atomic E-state index is 0.0103. The van der Waals surface area contributed by atoms with Crippen LogP contribution in [-0.2, 0) is 51.8 Å². The number of carbonyl (C=O) groups excluding carboxylic acids is 3.